The molecule has 0 fully saturated rings. The van der Waals surface area contributed by atoms with Crippen molar-refractivity contribution in [1.82, 2.24) is 15.2 Å². The lowest BCUT2D eigenvalue weighted by molar-refractivity contribution is -0.141. The summed E-state index contributed by atoms with van der Waals surface area (Å²) in [7, 11) is 0. The molecule has 2 rings (SSSR count). The lowest BCUT2D eigenvalue weighted by Gasteiger charge is -2.04. The molecule has 0 saturated carbocycles. The normalized spacial score (nSPS) is 11.2. The topological polar surface area (TPSA) is 77.4 Å². The highest BCUT2D eigenvalue weighted by molar-refractivity contribution is 5.41. The van der Waals surface area contributed by atoms with E-state index in [0.29, 0.717) is 0 Å². The largest absolute Gasteiger partial charge is 0.435 e. The van der Waals surface area contributed by atoms with Crippen LogP contribution in [0.15, 0.2) is 18.3 Å². The summed E-state index contributed by atoms with van der Waals surface area (Å²) in [6.45, 7) is -0.112. The molecule has 2 aromatic heterocycles. The van der Waals surface area contributed by atoms with Crippen LogP contribution in [0.3, 0.4) is 0 Å². The Morgan fingerprint density at radius 1 is 1.35 bits per heavy atom. The Bertz CT molecular complexity index is 656. The van der Waals surface area contributed by atoms with Gasteiger partial charge >= 0.3 is 6.18 Å². The van der Waals surface area contributed by atoms with Gasteiger partial charge in [0.25, 0.3) is 0 Å². The van der Waals surface area contributed by atoms with E-state index in [2.05, 4.69) is 20.5 Å². The minimum atomic E-state index is -4.54. The third-order valence-electron chi connectivity index (χ3n) is 2.34. The van der Waals surface area contributed by atoms with Crippen molar-refractivity contribution < 1.29 is 17.6 Å². The summed E-state index contributed by atoms with van der Waals surface area (Å²) in [5.74, 6) is -0.924. The van der Waals surface area contributed by atoms with Crippen LogP contribution in [0.1, 0.15) is 17.0 Å². The number of pyridine rings is 1. The maximum atomic E-state index is 13.5. The number of aromatic amines is 1. The van der Waals surface area contributed by atoms with Crippen LogP contribution in [0, 0.1) is 17.1 Å². The molecule has 0 atom stereocenters. The number of hydrogen-bond donors (Lipinski definition) is 2. The van der Waals surface area contributed by atoms with Crippen LogP contribution in [0.2, 0.25) is 0 Å². The fourth-order valence-corrected chi connectivity index (χ4v) is 1.41. The van der Waals surface area contributed by atoms with Gasteiger partial charge in [0.1, 0.15) is 6.07 Å². The van der Waals surface area contributed by atoms with Gasteiger partial charge in [-0.05, 0) is 12.1 Å². The molecule has 0 amide bonds. The highest BCUT2D eigenvalue weighted by Crippen LogP contribution is 2.27. The Labute approximate surface area is 110 Å². The molecule has 5 nitrogen and oxygen atoms in total. The summed E-state index contributed by atoms with van der Waals surface area (Å²) in [6, 6.07) is 3.51. The summed E-state index contributed by atoms with van der Waals surface area (Å²) >= 11 is 0. The van der Waals surface area contributed by atoms with E-state index in [1.54, 1.807) is 6.07 Å². The second kappa shape index (κ2) is 5.16. The second-order valence-electron chi connectivity index (χ2n) is 3.80. The first-order chi connectivity index (χ1) is 9.40. The van der Waals surface area contributed by atoms with Gasteiger partial charge in [0, 0.05) is 6.20 Å². The highest BCUT2D eigenvalue weighted by Gasteiger charge is 2.33. The number of nitriles is 1. The molecule has 0 spiro atoms. The average Bonchev–Trinajstić information content (AvgIpc) is 2.86. The van der Waals surface area contributed by atoms with E-state index in [1.165, 1.54) is 0 Å². The minimum absolute atomic E-state index is 0.0500. The van der Waals surface area contributed by atoms with E-state index < -0.39 is 17.7 Å². The van der Waals surface area contributed by atoms with Crippen LogP contribution in [0.5, 0.6) is 0 Å². The number of H-pyrrole nitrogens is 1. The molecule has 2 N–H and O–H groups in total. The van der Waals surface area contributed by atoms with Gasteiger partial charge in [-0.15, -0.1) is 0 Å². The second-order valence-corrected chi connectivity index (χ2v) is 3.80. The molecule has 0 aliphatic rings. The van der Waals surface area contributed by atoms with Crippen LogP contribution in [-0.2, 0) is 12.7 Å². The highest BCUT2D eigenvalue weighted by atomic mass is 19.4. The predicted molar refractivity (Wildman–Crippen MR) is 59.8 cm³/mol. The van der Waals surface area contributed by atoms with E-state index in [1.807, 2.05) is 0 Å². The molecule has 2 heterocycles. The van der Waals surface area contributed by atoms with Gasteiger partial charge in [-0.25, -0.2) is 9.37 Å². The number of anilines is 1. The maximum absolute atomic E-state index is 13.5. The van der Waals surface area contributed by atoms with Gasteiger partial charge in [0.2, 0.25) is 0 Å². The van der Waals surface area contributed by atoms with Gasteiger partial charge in [0.15, 0.2) is 17.3 Å². The number of nitrogens with one attached hydrogen (secondary N) is 2. The van der Waals surface area contributed by atoms with Crippen molar-refractivity contribution in [2.45, 2.75) is 12.7 Å². The van der Waals surface area contributed by atoms with E-state index in [4.69, 9.17) is 5.26 Å². The molecule has 0 bridgehead atoms. The summed E-state index contributed by atoms with van der Waals surface area (Å²) in [5, 5.41) is 16.3. The van der Waals surface area contributed by atoms with Crippen molar-refractivity contribution in [2.24, 2.45) is 0 Å². The van der Waals surface area contributed by atoms with E-state index in [0.717, 1.165) is 18.3 Å². The van der Waals surface area contributed by atoms with Crippen molar-refractivity contribution in [3.63, 3.8) is 0 Å². The fraction of sp³-hybridized carbons (Fsp3) is 0.182. The van der Waals surface area contributed by atoms with Gasteiger partial charge in [-0.3, -0.25) is 5.10 Å². The zero-order valence-corrected chi connectivity index (χ0v) is 9.79. The van der Waals surface area contributed by atoms with Crippen LogP contribution < -0.4 is 5.32 Å². The van der Waals surface area contributed by atoms with E-state index in [-0.39, 0.29) is 23.6 Å². The zero-order valence-electron chi connectivity index (χ0n) is 9.79. The lowest BCUT2D eigenvalue weighted by atomic mass is 10.3. The van der Waals surface area contributed by atoms with Gasteiger partial charge < -0.3 is 5.32 Å². The number of nitrogens with zero attached hydrogens (tertiary/aromatic N) is 3. The number of rotatable bonds is 3. The van der Waals surface area contributed by atoms with Crippen molar-refractivity contribution in [1.29, 1.82) is 5.26 Å². The zero-order chi connectivity index (χ0) is 14.8. The van der Waals surface area contributed by atoms with E-state index in [9.17, 15) is 17.6 Å². The molecule has 0 unspecified atom stereocenters. The molecular formula is C11H7F4N5. The predicted octanol–water partition coefficient (Wildman–Crippen LogP) is 2.45. The molecule has 0 saturated heterocycles. The molecule has 0 aromatic carbocycles. The molecule has 0 radical (unpaired) electrons. The standard InChI is InChI=1S/C11H7F4N5/c12-8-1-6(3-16)4-17-10(8)18-5-7-2-9(20-19-7)11(13,14)15/h1-2,4H,5H2,(H,17,18)(H,19,20). The molecule has 104 valence electrons. The molecular weight excluding hydrogens is 278 g/mol. The molecule has 0 aliphatic heterocycles. The molecule has 9 heteroatoms. The number of hydrogen-bond acceptors (Lipinski definition) is 4. The fourth-order valence-electron chi connectivity index (χ4n) is 1.41. The Morgan fingerprint density at radius 3 is 2.65 bits per heavy atom. The maximum Gasteiger partial charge on any atom is 0.435 e. The van der Waals surface area contributed by atoms with E-state index >= 15 is 0 Å². The minimum Gasteiger partial charge on any atom is -0.362 e. The Hall–Kier alpha value is -2.63. The summed E-state index contributed by atoms with van der Waals surface area (Å²) in [6.07, 6.45) is -3.38. The Kier molecular flexibility index (Phi) is 3.56. The number of halogens is 4. The first kappa shape index (κ1) is 13.8. The van der Waals surface area contributed by atoms with Crippen molar-refractivity contribution >= 4 is 5.82 Å². The number of alkyl halides is 3. The third-order valence-corrected chi connectivity index (χ3v) is 2.34. The summed E-state index contributed by atoms with van der Waals surface area (Å²) in [5.41, 5.74) is -0.876. The summed E-state index contributed by atoms with van der Waals surface area (Å²) < 4.78 is 50.4. The average molecular weight is 285 g/mol. The number of aromatic nitrogens is 3. The lowest BCUT2D eigenvalue weighted by Crippen LogP contribution is -2.05. The SMILES string of the molecule is N#Cc1cnc(NCc2cc(C(F)(F)F)n[nH]2)c(F)c1. The molecule has 20 heavy (non-hydrogen) atoms. The quantitative estimate of drug-likeness (QED) is 0.849. The Balaban J connectivity index is 2.06. The summed E-state index contributed by atoms with van der Waals surface area (Å²) in [4.78, 5) is 3.65. The van der Waals surface area contributed by atoms with Crippen LogP contribution in [-0.4, -0.2) is 15.2 Å². The van der Waals surface area contributed by atoms with Gasteiger partial charge in [0.05, 0.1) is 17.8 Å². The van der Waals surface area contributed by atoms with Crippen molar-refractivity contribution in [3.05, 3.63) is 41.1 Å². The first-order valence-electron chi connectivity index (χ1n) is 5.31. The third kappa shape index (κ3) is 3.03. The van der Waals surface area contributed by atoms with Crippen LogP contribution in [0.4, 0.5) is 23.4 Å². The monoisotopic (exact) mass is 285 g/mol. The van der Waals surface area contributed by atoms with Crippen LogP contribution >= 0.6 is 0 Å². The van der Waals surface area contributed by atoms with Crippen LogP contribution in [0.25, 0.3) is 0 Å². The van der Waals surface area contributed by atoms with Crippen molar-refractivity contribution in [2.75, 3.05) is 5.32 Å². The smallest absolute Gasteiger partial charge is 0.362 e. The van der Waals surface area contributed by atoms with Crippen molar-refractivity contribution in [3.8, 4) is 6.07 Å². The molecule has 0 aliphatic carbocycles. The Morgan fingerprint density at radius 2 is 2.10 bits per heavy atom. The first-order valence-corrected chi connectivity index (χ1v) is 5.31. The van der Waals surface area contributed by atoms with Gasteiger partial charge in [-0.1, -0.05) is 0 Å². The molecule has 2 aromatic rings. The van der Waals surface area contributed by atoms with Gasteiger partial charge in [-0.2, -0.15) is 23.5 Å².